The molecule has 1 saturated heterocycles. The highest BCUT2D eigenvalue weighted by atomic mass is 32.2. The number of thioether (sulfide) groups is 1. The number of carbonyl (C=O) groups is 1. The highest BCUT2D eigenvalue weighted by molar-refractivity contribution is 8.00. The molecule has 1 aliphatic rings. The smallest absolute Gasteiger partial charge is 0.404 e. The lowest BCUT2D eigenvalue weighted by Gasteiger charge is -2.37. The molecule has 7 nitrogen and oxygen atoms in total. The summed E-state index contributed by atoms with van der Waals surface area (Å²) in [4.78, 5) is 19.0. The molecule has 1 fully saturated rings. The first-order valence-electron chi connectivity index (χ1n) is 9.86. The molecule has 1 aliphatic heterocycles. The fraction of sp³-hybridized carbons (Fsp3) is 0.429. The van der Waals surface area contributed by atoms with Gasteiger partial charge in [0.2, 0.25) is 0 Å². The van der Waals surface area contributed by atoms with E-state index in [1.54, 1.807) is 10.7 Å². The van der Waals surface area contributed by atoms with Crippen LogP contribution in [0.1, 0.15) is 37.2 Å². The van der Waals surface area contributed by atoms with Crippen LogP contribution in [0, 0.1) is 0 Å². The molecule has 172 valence electrons. The van der Waals surface area contributed by atoms with Crippen molar-refractivity contribution in [1.29, 1.82) is 0 Å². The number of nitrogens with one attached hydrogen (secondary N) is 1. The molecule has 3 aromatic heterocycles. The summed E-state index contributed by atoms with van der Waals surface area (Å²) in [5.74, 6) is 2.12. The van der Waals surface area contributed by atoms with E-state index in [9.17, 15) is 18.0 Å². The number of alkyl halides is 3. The molecule has 0 saturated carbocycles. The Morgan fingerprint density at radius 1 is 1.25 bits per heavy atom. The number of carbonyl (C=O) groups excluding carboxylic acids is 1. The van der Waals surface area contributed by atoms with Gasteiger partial charge in [-0.1, -0.05) is 0 Å². The summed E-state index contributed by atoms with van der Waals surface area (Å²) in [7, 11) is 2.03. The number of hydrogen-bond acceptors (Lipinski definition) is 7. The fourth-order valence-electron chi connectivity index (χ4n) is 2.98. The number of fused-ring (bicyclic) bond motifs is 1. The highest BCUT2D eigenvalue weighted by Gasteiger charge is 2.31. The molecule has 0 radical (unpaired) electrons. The number of pyridine rings is 2. The van der Waals surface area contributed by atoms with Crippen LogP contribution in [0.25, 0.3) is 22.3 Å². The van der Waals surface area contributed by atoms with Gasteiger partial charge in [-0.05, 0) is 40.0 Å². The molecule has 4 heterocycles. The van der Waals surface area contributed by atoms with E-state index in [1.807, 2.05) is 32.7 Å². The maximum Gasteiger partial charge on any atom is 0.573 e. The largest absolute Gasteiger partial charge is 0.573 e. The third-order valence-electron chi connectivity index (χ3n) is 4.86. The SMILES string of the molecule is CC(C)n1nc(-c2cncc(OC(F)(F)F)c2)c2ncc(C=O)cc21.CNC1(C)CSC1. The molecule has 0 aromatic carbocycles. The van der Waals surface area contributed by atoms with Crippen molar-refractivity contribution in [2.45, 2.75) is 38.7 Å². The van der Waals surface area contributed by atoms with Gasteiger partial charge >= 0.3 is 6.36 Å². The van der Waals surface area contributed by atoms with E-state index >= 15 is 0 Å². The summed E-state index contributed by atoms with van der Waals surface area (Å²) >= 11 is 2.01. The zero-order chi connectivity index (χ0) is 23.5. The second kappa shape index (κ2) is 9.45. The van der Waals surface area contributed by atoms with E-state index in [4.69, 9.17) is 0 Å². The first-order valence-corrected chi connectivity index (χ1v) is 11.0. The summed E-state index contributed by atoms with van der Waals surface area (Å²) < 4.78 is 42.8. The number of ether oxygens (including phenoxy) is 1. The third kappa shape index (κ3) is 5.57. The predicted molar refractivity (Wildman–Crippen MR) is 118 cm³/mol. The average molecular weight is 468 g/mol. The molecule has 11 heteroatoms. The number of nitrogens with zero attached hydrogens (tertiary/aromatic N) is 4. The predicted octanol–water partition coefficient (Wildman–Crippen LogP) is 4.50. The lowest BCUT2D eigenvalue weighted by atomic mass is 10.1. The van der Waals surface area contributed by atoms with Crippen LogP contribution in [0.4, 0.5) is 13.2 Å². The summed E-state index contributed by atoms with van der Waals surface area (Å²) in [5.41, 5.74) is 2.62. The Morgan fingerprint density at radius 2 is 1.97 bits per heavy atom. The second-order valence-electron chi connectivity index (χ2n) is 7.90. The van der Waals surface area contributed by atoms with Gasteiger partial charge in [0.25, 0.3) is 0 Å². The van der Waals surface area contributed by atoms with Crippen LogP contribution in [0.2, 0.25) is 0 Å². The molecule has 1 N–H and O–H groups in total. The van der Waals surface area contributed by atoms with Crippen LogP contribution >= 0.6 is 11.8 Å². The highest BCUT2D eigenvalue weighted by Crippen LogP contribution is 2.31. The van der Waals surface area contributed by atoms with Crippen LogP contribution in [0.3, 0.4) is 0 Å². The quantitative estimate of drug-likeness (QED) is 0.554. The minimum Gasteiger partial charge on any atom is -0.404 e. The number of aromatic nitrogens is 4. The van der Waals surface area contributed by atoms with E-state index < -0.39 is 12.1 Å². The molecule has 0 aliphatic carbocycles. The molecule has 0 bridgehead atoms. The summed E-state index contributed by atoms with van der Waals surface area (Å²) in [6, 6.07) is 2.79. The molecule has 4 rings (SSSR count). The normalized spacial score (nSPS) is 15.1. The van der Waals surface area contributed by atoms with Crippen LogP contribution in [0.5, 0.6) is 5.75 Å². The van der Waals surface area contributed by atoms with Crippen LogP contribution < -0.4 is 10.1 Å². The molecule has 32 heavy (non-hydrogen) atoms. The van der Waals surface area contributed by atoms with Crippen LogP contribution in [-0.4, -0.2) is 56.5 Å². The van der Waals surface area contributed by atoms with E-state index in [0.717, 1.165) is 6.20 Å². The Bertz CT molecular complexity index is 1090. The van der Waals surface area contributed by atoms with Crippen LogP contribution in [-0.2, 0) is 0 Å². The van der Waals surface area contributed by atoms with Gasteiger partial charge in [0, 0.05) is 46.6 Å². The Kier molecular flexibility index (Phi) is 7.09. The second-order valence-corrected chi connectivity index (χ2v) is 8.89. The van der Waals surface area contributed by atoms with Crippen molar-refractivity contribution >= 4 is 29.1 Å². The topological polar surface area (TPSA) is 81.9 Å². The molecule has 3 aromatic rings. The van der Waals surface area contributed by atoms with Crippen molar-refractivity contribution in [2.24, 2.45) is 0 Å². The van der Waals surface area contributed by atoms with Crippen molar-refractivity contribution in [3.8, 4) is 17.0 Å². The average Bonchev–Trinajstić information content (AvgIpc) is 3.10. The minimum absolute atomic E-state index is 0.0393. The van der Waals surface area contributed by atoms with Crippen molar-refractivity contribution in [1.82, 2.24) is 25.1 Å². The third-order valence-corrected chi connectivity index (χ3v) is 6.54. The van der Waals surface area contributed by atoms with Crippen molar-refractivity contribution in [3.63, 3.8) is 0 Å². The maximum absolute atomic E-state index is 12.4. The van der Waals surface area contributed by atoms with Gasteiger partial charge in [-0.25, -0.2) is 0 Å². The van der Waals surface area contributed by atoms with Crippen molar-refractivity contribution < 1.29 is 22.7 Å². The first kappa shape index (κ1) is 24.0. The van der Waals surface area contributed by atoms with Gasteiger partial charge in [-0.3, -0.25) is 19.4 Å². The molecule has 0 amide bonds. The Balaban J connectivity index is 0.000000352. The van der Waals surface area contributed by atoms with Gasteiger partial charge in [0.05, 0.1) is 11.7 Å². The van der Waals surface area contributed by atoms with E-state index in [0.29, 0.717) is 39.7 Å². The summed E-state index contributed by atoms with van der Waals surface area (Å²) in [5, 5.41) is 7.69. The van der Waals surface area contributed by atoms with Gasteiger partial charge in [0.15, 0.2) is 6.29 Å². The lowest BCUT2D eigenvalue weighted by molar-refractivity contribution is -0.274. The van der Waals surface area contributed by atoms with E-state index in [-0.39, 0.29) is 6.04 Å². The Morgan fingerprint density at radius 3 is 2.47 bits per heavy atom. The molecule has 0 unspecified atom stereocenters. The van der Waals surface area contributed by atoms with Gasteiger partial charge in [-0.2, -0.15) is 16.9 Å². The van der Waals surface area contributed by atoms with E-state index in [2.05, 4.69) is 32.0 Å². The van der Waals surface area contributed by atoms with Gasteiger partial charge < -0.3 is 10.1 Å². The maximum atomic E-state index is 12.4. The van der Waals surface area contributed by atoms with Crippen molar-refractivity contribution in [2.75, 3.05) is 18.6 Å². The molecular weight excluding hydrogens is 443 g/mol. The van der Waals surface area contributed by atoms with Crippen LogP contribution in [0.15, 0.2) is 30.7 Å². The standard InChI is InChI=1S/C16H13F3N4O2.C5H11NS/c1-9(2)23-13-3-10(8-24)5-21-15(13)14(22-23)11-4-12(7-20-6-11)25-16(17,18)19;1-5(6-2)3-7-4-5/h3-9H,1-2H3;6H,3-4H2,1-2H3. The Hall–Kier alpha value is -2.66. The monoisotopic (exact) mass is 467 g/mol. The fourth-order valence-corrected chi connectivity index (χ4v) is 4.08. The first-order chi connectivity index (χ1) is 15.0. The van der Waals surface area contributed by atoms with Gasteiger partial charge in [0.1, 0.15) is 17.0 Å². The van der Waals surface area contributed by atoms with E-state index in [1.165, 1.54) is 30.0 Å². The van der Waals surface area contributed by atoms with Gasteiger partial charge in [-0.15, -0.1) is 13.2 Å². The summed E-state index contributed by atoms with van der Waals surface area (Å²) in [6.45, 7) is 6.04. The zero-order valence-corrected chi connectivity index (χ0v) is 18.9. The Labute approximate surface area is 187 Å². The molecule has 0 spiro atoms. The number of aldehydes is 1. The molecular formula is C21H24F3N5O2S. The number of hydrogen-bond donors (Lipinski definition) is 1. The number of halogens is 3. The molecule has 0 atom stereocenters. The van der Waals surface area contributed by atoms with Crippen molar-refractivity contribution in [3.05, 3.63) is 36.3 Å². The number of rotatable bonds is 5. The summed E-state index contributed by atoms with van der Waals surface area (Å²) in [6.07, 6.45) is -0.407. The minimum atomic E-state index is -4.81. The lowest BCUT2D eigenvalue weighted by Crippen LogP contribution is -2.51. The zero-order valence-electron chi connectivity index (χ0n) is 18.1.